The number of carbonyl (C=O) groups excluding carboxylic acids is 1. The molecule has 6 heteroatoms. The number of nitrogens with one attached hydrogen (secondary N) is 1. The molecule has 0 unspecified atom stereocenters. The predicted octanol–water partition coefficient (Wildman–Crippen LogP) is 2.28. The summed E-state index contributed by atoms with van der Waals surface area (Å²) in [5.74, 6) is -0.180. The Morgan fingerprint density at radius 3 is 2.80 bits per heavy atom. The lowest BCUT2D eigenvalue weighted by molar-refractivity contribution is -0.00297. The van der Waals surface area contributed by atoms with E-state index in [-0.39, 0.29) is 30.5 Å². The number of amides is 1. The topological polar surface area (TPSA) is 67.8 Å². The zero-order valence-electron chi connectivity index (χ0n) is 13.7. The fourth-order valence-corrected chi connectivity index (χ4v) is 2.72. The summed E-state index contributed by atoms with van der Waals surface area (Å²) in [6.45, 7) is 0.792. The maximum Gasteiger partial charge on any atom is 0.251 e. The Balaban J connectivity index is 1.66. The second-order valence-corrected chi connectivity index (χ2v) is 5.91. The first-order valence-corrected chi connectivity index (χ1v) is 8.16. The Morgan fingerprint density at radius 2 is 2.08 bits per heavy atom. The molecule has 1 saturated heterocycles. The van der Waals surface area contributed by atoms with Crippen LogP contribution in [-0.2, 0) is 11.3 Å². The Hall–Kier alpha value is -2.44. The van der Waals surface area contributed by atoms with Crippen LogP contribution in [0.2, 0.25) is 0 Å². The van der Waals surface area contributed by atoms with Crippen molar-refractivity contribution in [2.45, 2.75) is 25.2 Å². The van der Waals surface area contributed by atoms with Gasteiger partial charge in [-0.1, -0.05) is 18.2 Å². The Morgan fingerprint density at radius 1 is 1.28 bits per heavy atom. The van der Waals surface area contributed by atoms with Crippen molar-refractivity contribution >= 4 is 5.91 Å². The molecule has 2 atom stereocenters. The van der Waals surface area contributed by atoms with Crippen LogP contribution in [0.15, 0.2) is 48.5 Å². The molecule has 2 aromatic rings. The maximum atomic E-state index is 13.3. The van der Waals surface area contributed by atoms with E-state index in [0.29, 0.717) is 30.9 Å². The molecular weight excluding hydrogens is 325 g/mol. The van der Waals surface area contributed by atoms with E-state index in [4.69, 9.17) is 14.6 Å². The van der Waals surface area contributed by atoms with Crippen LogP contribution < -0.4 is 10.1 Å². The number of aliphatic hydroxyl groups excluding tert-OH is 1. The summed E-state index contributed by atoms with van der Waals surface area (Å²) in [7, 11) is 0. The molecule has 0 saturated carbocycles. The molecule has 1 heterocycles. The number of halogens is 1. The summed E-state index contributed by atoms with van der Waals surface area (Å²) in [4.78, 5) is 12.4. The van der Waals surface area contributed by atoms with Gasteiger partial charge in [0.2, 0.25) is 0 Å². The molecule has 1 aliphatic heterocycles. The van der Waals surface area contributed by atoms with Crippen LogP contribution in [0.4, 0.5) is 4.39 Å². The second-order valence-electron chi connectivity index (χ2n) is 5.91. The number of carbonyl (C=O) groups is 1. The summed E-state index contributed by atoms with van der Waals surface area (Å²) in [6, 6.07) is 12.3. The highest BCUT2D eigenvalue weighted by Crippen LogP contribution is 2.19. The van der Waals surface area contributed by atoms with E-state index in [1.807, 2.05) is 0 Å². The molecule has 2 N–H and O–H groups in total. The minimum atomic E-state index is -0.367. The van der Waals surface area contributed by atoms with Crippen molar-refractivity contribution in [2.24, 2.45) is 0 Å². The van der Waals surface area contributed by atoms with Gasteiger partial charge in [0.15, 0.2) is 0 Å². The molecule has 25 heavy (non-hydrogen) atoms. The third kappa shape index (κ3) is 4.55. The third-order valence-corrected chi connectivity index (χ3v) is 4.09. The standard InChI is InChI=1S/C19H20FNO4/c20-15-2-1-3-16(10-15)25-18-8-9-24-12-17(18)21-19(23)14-6-4-13(11-22)5-7-14/h1-7,10,17-18,22H,8-9,11-12H2,(H,21,23)/t17-,18+/m1/s1. The summed E-state index contributed by atoms with van der Waals surface area (Å²) in [5, 5.41) is 12.0. The lowest BCUT2D eigenvalue weighted by Gasteiger charge is -2.32. The minimum Gasteiger partial charge on any atom is -0.488 e. The average molecular weight is 345 g/mol. The van der Waals surface area contributed by atoms with Crippen molar-refractivity contribution < 1.29 is 23.8 Å². The first kappa shape index (κ1) is 17.4. The van der Waals surface area contributed by atoms with E-state index in [9.17, 15) is 9.18 Å². The van der Waals surface area contributed by atoms with Gasteiger partial charge in [0.1, 0.15) is 17.7 Å². The minimum absolute atomic E-state index is 0.0675. The van der Waals surface area contributed by atoms with Gasteiger partial charge in [-0.2, -0.15) is 0 Å². The quantitative estimate of drug-likeness (QED) is 0.872. The van der Waals surface area contributed by atoms with Crippen molar-refractivity contribution in [3.63, 3.8) is 0 Å². The van der Waals surface area contributed by atoms with Gasteiger partial charge in [0, 0.05) is 18.1 Å². The Bertz CT molecular complexity index is 720. The second kappa shape index (κ2) is 8.09. The Labute approximate surface area is 145 Å². The van der Waals surface area contributed by atoms with Gasteiger partial charge in [-0.3, -0.25) is 4.79 Å². The SMILES string of the molecule is O=C(N[C@@H]1COCC[C@@H]1Oc1cccc(F)c1)c1ccc(CO)cc1. The van der Waals surface area contributed by atoms with Gasteiger partial charge in [-0.05, 0) is 29.8 Å². The fraction of sp³-hybridized carbons (Fsp3) is 0.316. The molecule has 0 radical (unpaired) electrons. The van der Waals surface area contributed by atoms with Crippen LogP contribution in [-0.4, -0.2) is 36.4 Å². The smallest absolute Gasteiger partial charge is 0.251 e. The number of benzene rings is 2. The highest BCUT2D eigenvalue weighted by molar-refractivity contribution is 5.94. The molecule has 2 aromatic carbocycles. The van der Waals surface area contributed by atoms with Gasteiger partial charge >= 0.3 is 0 Å². The average Bonchev–Trinajstić information content (AvgIpc) is 2.63. The van der Waals surface area contributed by atoms with Crippen LogP contribution in [0.5, 0.6) is 5.75 Å². The first-order valence-electron chi connectivity index (χ1n) is 8.16. The summed E-state index contributed by atoms with van der Waals surface area (Å²) < 4.78 is 24.6. The van der Waals surface area contributed by atoms with E-state index in [1.54, 1.807) is 36.4 Å². The summed E-state index contributed by atoms with van der Waals surface area (Å²) in [6.07, 6.45) is 0.307. The van der Waals surface area contributed by atoms with Crippen molar-refractivity contribution in [1.29, 1.82) is 0 Å². The highest BCUT2D eigenvalue weighted by atomic mass is 19.1. The van der Waals surface area contributed by atoms with Crippen molar-refractivity contribution in [3.8, 4) is 5.75 Å². The lowest BCUT2D eigenvalue weighted by Crippen LogP contribution is -2.51. The highest BCUT2D eigenvalue weighted by Gasteiger charge is 2.29. The molecule has 1 amide bonds. The monoisotopic (exact) mass is 345 g/mol. The summed E-state index contributed by atoms with van der Waals surface area (Å²) in [5.41, 5.74) is 1.23. The molecule has 1 fully saturated rings. The molecule has 5 nitrogen and oxygen atoms in total. The molecular formula is C19H20FNO4. The third-order valence-electron chi connectivity index (χ3n) is 4.09. The van der Waals surface area contributed by atoms with E-state index in [0.717, 1.165) is 5.56 Å². The molecule has 132 valence electrons. The van der Waals surface area contributed by atoms with Crippen molar-refractivity contribution in [1.82, 2.24) is 5.32 Å². The molecule has 3 rings (SSSR count). The number of hydrogen-bond acceptors (Lipinski definition) is 4. The van der Waals surface area contributed by atoms with E-state index < -0.39 is 0 Å². The van der Waals surface area contributed by atoms with Crippen LogP contribution in [0.25, 0.3) is 0 Å². The van der Waals surface area contributed by atoms with Gasteiger partial charge < -0.3 is 19.9 Å². The van der Waals surface area contributed by atoms with Gasteiger partial charge in [-0.15, -0.1) is 0 Å². The molecule has 0 bridgehead atoms. The zero-order valence-corrected chi connectivity index (χ0v) is 13.7. The van der Waals surface area contributed by atoms with Crippen LogP contribution >= 0.6 is 0 Å². The predicted molar refractivity (Wildman–Crippen MR) is 89.9 cm³/mol. The number of rotatable bonds is 5. The molecule has 0 aliphatic carbocycles. The van der Waals surface area contributed by atoms with Crippen molar-refractivity contribution in [3.05, 3.63) is 65.5 Å². The van der Waals surface area contributed by atoms with Gasteiger partial charge in [-0.25, -0.2) is 4.39 Å². The van der Waals surface area contributed by atoms with Crippen LogP contribution in [0.1, 0.15) is 22.3 Å². The maximum absolute atomic E-state index is 13.3. The number of hydrogen-bond donors (Lipinski definition) is 2. The van der Waals surface area contributed by atoms with Crippen LogP contribution in [0.3, 0.4) is 0 Å². The van der Waals surface area contributed by atoms with E-state index >= 15 is 0 Å². The summed E-state index contributed by atoms with van der Waals surface area (Å²) >= 11 is 0. The van der Waals surface area contributed by atoms with E-state index in [1.165, 1.54) is 12.1 Å². The fourth-order valence-electron chi connectivity index (χ4n) is 2.72. The lowest BCUT2D eigenvalue weighted by atomic mass is 10.1. The molecule has 0 spiro atoms. The molecule has 0 aromatic heterocycles. The normalized spacial score (nSPS) is 20.1. The first-order chi connectivity index (χ1) is 12.2. The molecule has 1 aliphatic rings. The zero-order chi connectivity index (χ0) is 17.6. The number of aliphatic hydroxyl groups is 1. The Kier molecular flexibility index (Phi) is 5.63. The van der Waals surface area contributed by atoms with Crippen LogP contribution in [0, 0.1) is 5.82 Å². The largest absolute Gasteiger partial charge is 0.488 e. The van der Waals surface area contributed by atoms with Crippen molar-refractivity contribution in [2.75, 3.05) is 13.2 Å². The van der Waals surface area contributed by atoms with Gasteiger partial charge in [0.05, 0.1) is 25.9 Å². The number of ether oxygens (including phenoxy) is 2. The van der Waals surface area contributed by atoms with E-state index in [2.05, 4.69) is 5.32 Å². The van der Waals surface area contributed by atoms with Gasteiger partial charge in [0.25, 0.3) is 5.91 Å².